The number of nitrogens with zero attached hydrogens (tertiary/aromatic N) is 3. The Bertz CT molecular complexity index is 1010. The van der Waals surface area contributed by atoms with Crippen LogP contribution in [0.25, 0.3) is 11.1 Å². The van der Waals surface area contributed by atoms with E-state index in [-0.39, 0.29) is 17.6 Å². The van der Waals surface area contributed by atoms with Crippen LogP contribution in [0, 0.1) is 5.82 Å². The number of pyridine rings is 2. The SMILES string of the molecule is CC(=O)N1CCCC(c2cc(-c3cccnc3)cc(Nc3cccc(F)c3)n2)C1. The molecule has 148 valence electrons. The zero-order valence-corrected chi connectivity index (χ0v) is 16.3. The number of piperidine rings is 1. The lowest BCUT2D eigenvalue weighted by Gasteiger charge is -2.32. The largest absolute Gasteiger partial charge is 0.342 e. The minimum atomic E-state index is -0.303. The number of carbonyl (C=O) groups excluding carboxylic acids is 1. The van der Waals surface area contributed by atoms with E-state index in [1.54, 1.807) is 25.3 Å². The number of hydrogen-bond acceptors (Lipinski definition) is 4. The van der Waals surface area contributed by atoms with Crippen LogP contribution in [0.2, 0.25) is 0 Å². The smallest absolute Gasteiger partial charge is 0.219 e. The Morgan fingerprint density at radius 1 is 1.17 bits per heavy atom. The Balaban J connectivity index is 1.71. The van der Waals surface area contributed by atoms with Crippen molar-refractivity contribution in [1.82, 2.24) is 14.9 Å². The van der Waals surface area contributed by atoms with E-state index in [4.69, 9.17) is 4.98 Å². The molecule has 0 bridgehead atoms. The van der Waals surface area contributed by atoms with Gasteiger partial charge in [0.05, 0.1) is 0 Å². The summed E-state index contributed by atoms with van der Waals surface area (Å²) in [6.07, 6.45) is 5.49. The van der Waals surface area contributed by atoms with Gasteiger partial charge < -0.3 is 10.2 Å². The van der Waals surface area contributed by atoms with Crippen LogP contribution in [0.15, 0.2) is 60.9 Å². The molecule has 1 fully saturated rings. The molecule has 1 atom stereocenters. The number of anilines is 2. The maximum Gasteiger partial charge on any atom is 0.219 e. The van der Waals surface area contributed by atoms with Gasteiger partial charge in [-0.1, -0.05) is 12.1 Å². The zero-order chi connectivity index (χ0) is 20.2. The van der Waals surface area contributed by atoms with Gasteiger partial charge in [-0.3, -0.25) is 9.78 Å². The summed E-state index contributed by atoms with van der Waals surface area (Å²) in [6.45, 7) is 3.07. The monoisotopic (exact) mass is 390 g/mol. The van der Waals surface area contributed by atoms with Gasteiger partial charge in [0, 0.05) is 55.3 Å². The van der Waals surface area contributed by atoms with Crippen molar-refractivity contribution in [3.05, 3.63) is 72.4 Å². The van der Waals surface area contributed by atoms with Crippen molar-refractivity contribution in [2.24, 2.45) is 0 Å². The molecule has 5 nitrogen and oxygen atoms in total. The second-order valence-corrected chi connectivity index (χ2v) is 7.35. The Labute approximate surface area is 169 Å². The fourth-order valence-electron chi connectivity index (χ4n) is 3.74. The van der Waals surface area contributed by atoms with Gasteiger partial charge in [0.25, 0.3) is 0 Å². The van der Waals surface area contributed by atoms with Gasteiger partial charge in [0.15, 0.2) is 0 Å². The number of hydrogen-bond donors (Lipinski definition) is 1. The van der Waals surface area contributed by atoms with Crippen molar-refractivity contribution in [2.45, 2.75) is 25.7 Å². The molecule has 1 amide bonds. The Hall–Kier alpha value is -3.28. The molecule has 0 saturated carbocycles. The van der Waals surface area contributed by atoms with Crippen LogP contribution in [0.3, 0.4) is 0 Å². The highest BCUT2D eigenvalue weighted by atomic mass is 19.1. The molecule has 1 unspecified atom stereocenters. The van der Waals surface area contributed by atoms with Crippen LogP contribution in [0.4, 0.5) is 15.9 Å². The van der Waals surface area contributed by atoms with Crippen LogP contribution in [0.5, 0.6) is 0 Å². The van der Waals surface area contributed by atoms with Crippen molar-refractivity contribution in [3.8, 4) is 11.1 Å². The van der Waals surface area contributed by atoms with Crippen molar-refractivity contribution in [1.29, 1.82) is 0 Å². The predicted octanol–water partition coefficient (Wildman–Crippen LogP) is 4.75. The number of likely N-dealkylation sites (tertiary alicyclic amines) is 1. The van der Waals surface area contributed by atoms with Crippen LogP contribution >= 0.6 is 0 Å². The molecular formula is C23H23FN4O. The molecule has 0 aliphatic carbocycles. The molecule has 4 rings (SSSR count). The fourth-order valence-corrected chi connectivity index (χ4v) is 3.74. The maximum atomic E-state index is 13.6. The van der Waals surface area contributed by atoms with Crippen LogP contribution in [0.1, 0.15) is 31.4 Å². The summed E-state index contributed by atoms with van der Waals surface area (Å²) >= 11 is 0. The first kappa shape index (κ1) is 19.1. The molecule has 2 aromatic heterocycles. The summed E-state index contributed by atoms with van der Waals surface area (Å²) in [6, 6.07) is 14.2. The lowest BCUT2D eigenvalue weighted by molar-refractivity contribution is -0.130. The first-order valence-corrected chi connectivity index (χ1v) is 9.79. The summed E-state index contributed by atoms with van der Waals surface area (Å²) in [5, 5.41) is 3.22. The maximum absolute atomic E-state index is 13.6. The van der Waals surface area contributed by atoms with Gasteiger partial charge in [0.2, 0.25) is 5.91 Å². The molecule has 6 heteroatoms. The number of benzene rings is 1. The van der Waals surface area contributed by atoms with Gasteiger partial charge >= 0.3 is 0 Å². The van der Waals surface area contributed by atoms with Crippen molar-refractivity contribution >= 4 is 17.4 Å². The van der Waals surface area contributed by atoms with E-state index in [0.29, 0.717) is 18.1 Å². The highest BCUT2D eigenvalue weighted by molar-refractivity contribution is 5.73. The third kappa shape index (κ3) is 4.59. The molecule has 1 aliphatic rings. The molecular weight excluding hydrogens is 367 g/mol. The number of nitrogens with one attached hydrogen (secondary N) is 1. The van der Waals surface area contributed by atoms with E-state index in [2.05, 4.69) is 16.4 Å². The number of rotatable bonds is 4. The number of carbonyl (C=O) groups is 1. The number of halogens is 1. The normalized spacial score (nSPS) is 16.5. The minimum absolute atomic E-state index is 0.0937. The first-order chi connectivity index (χ1) is 14.1. The van der Waals surface area contributed by atoms with Crippen LogP contribution < -0.4 is 5.32 Å². The molecule has 3 heterocycles. The highest BCUT2D eigenvalue weighted by Gasteiger charge is 2.24. The zero-order valence-electron chi connectivity index (χ0n) is 16.3. The minimum Gasteiger partial charge on any atom is -0.342 e. The van der Waals surface area contributed by atoms with Crippen molar-refractivity contribution < 1.29 is 9.18 Å². The second-order valence-electron chi connectivity index (χ2n) is 7.35. The lowest BCUT2D eigenvalue weighted by atomic mass is 9.92. The van der Waals surface area contributed by atoms with E-state index in [0.717, 1.165) is 36.2 Å². The van der Waals surface area contributed by atoms with Gasteiger partial charge in [-0.15, -0.1) is 0 Å². The van der Waals surface area contributed by atoms with Gasteiger partial charge in [-0.05, 0) is 54.8 Å². The van der Waals surface area contributed by atoms with E-state index in [9.17, 15) is 9.18 Å². The van der Waals surface area contributed by atoms with Gasteiger partial charge in [-0.25, -0.2) is 9.37 Å². The Morgan fingerprint density at radius 3 is 2.83 bits per heavy atom. The lowest BCUT2D eigenvalue weighted by Crippen LogP contribution is -2.37. The second kappa shape index (κ2) is 8.39. The third-order valence-electron chi connectivity index (χ3n) is 5.22. The van der Waals surface area contributed by atoms with Gasteiger partial charge in [0.1, 0.15) is 11.6 Å². The van der Waals surface area contributed by atoms with E-state index < -0.39 is 0 Å². The van der Waals surface area contributed by atoms with E-state index in [1.165, 1.54) is 12.1 Å². The Morgan fingerprint density at radius 2 is 2.07 bits per heavy atom. The quantitative estimate of drug-likeness (QED) is 0.698. The average molecular weight is 390 g/mol. The molecule has 1 saturated heterocycles. The predicted molar refractivity (Wildman–Crippen MR) is 111 cm³/mol. The number of aromatic nitrogens is 2. The summed E-state index contributed by atoms with van der Waals surface area (Å²) < 4.78 is 13.6. The molecule has 0 spiro atoms. The third-order valence-corrected chi connectivity index (χ3v) is 5.22. The summed E-state index contributed by atoms with van der Waals surface area (Å²) in [4.78, 5) is 22.8. The summed E-state index contributed by atoms with van der Waals surface area (Å²) in [7, 11) is 0. The summed E-state index contributed by atoms with van der Waals surface area (Å²) in [5.74, 6) is 0.600. The highest BCUT2D eigenvalue weighted by Crippen LogP contribution is 2.31. The first-order valence-electron chi connectivity index (χ1n) is 9.79. The van der Waals surface area contributed by atoms with Crippen molar-refractivity contribution in [3.63, 3.8) is 0 Å². The van der Waals surface area contributed by atoms with E-state index in [1.807, 2.05) is 29.3 Å². The average Bonchev–Trinajstić information content (AvgIpc) is 2.74. The van der Waals surface area contributed by atoms with E-state index >= 15 is 0 Å². The summed E-state index contributed by atoms with van der Waals surface area (Å²) in [5.41, 5.74) is 3.54. The molecule has 1 N–H and O–H groups in total. The molecule has 29 heavy (non-hydrogen) atoms. The Kier molecular flexibility index (Phi) is 5.51. The van der Waals surface area contributed by atoms with Crippen LogP contribution in [-0.2, 0) is 4.79 Å². The fraction of sp³-hybridized carbons (Fsp3) is 0.261. The van der Waals surface area contributed by atoms with Crippen LogP contribution in [-0.4, -0.2) is 33.9 Å². The van der Waals surface area contributed by atoms with Crippen molar-refractivity contribution in [2.75, 3.05) is 18.4 Å². The molecule has 0 radical (unpaired) electrons. The molecule has 1 aliphatic heterocycles. The van der Waals surface area contributed by atoms with Gasteiger partial charge in [-0.2, -0.15) is 0 Å². The molecule has 1 aromatic carbocycles. The standard InChI is InChI=1S/C23H23FN4O/c1-16(29)28-10-4-6-18(15-28)22-11-19(17-5-3-9-25-14-17)12-23(27-22)26-21-8-2-7-20(24)13-21/h2-3,5,7-9,11-14,18H,4,6,10,15H2,1H3,(H,26,27). The number of amides is 1. The molecule has 3 aromatic rings. The topological polar surface area (TPSA) is 58.1 Å².